The number of phosphoric ester groups is 2. The zero-order valence-corrected chi connectivity index (χ0v) is 21.1. The highest BCUT2D eigenvalue weighted by Crippen LogP contribution is 2.61. The molecule has 2 aliphatic heterocycles. The molecule has 7 N–H and O–H groups in total. The minimum Gasteiger partial charge on any atom is -0.394 e. The molecule has 2 unspecified atom stereocenters. The van der Waals surface area contributed by atoms with Gasteiger partial charge in [-0.05, 0) is 12.5 Å². The molecule has 3 rings (SSSR count). The molecule has 0 aromatic carbocycles. The number of ether oxygens (including phenoxy) is 2. The number of rotatable bonds is 10. The van der Waals surface area contributed by atoms with Gasteiger partial charge in [0.1, 0.15) is 24.5 Å². The molecule has 0 radical (unpaired) electrons. The van der Waals surface area contributed by atoms with Gasteiger partial charge >= 0.3 is 21.3 Å². The van der Waals surface area contributed by atoms with Gasteiger partial charge in [-0.25, -0.2) is 13.9 Å². The molecule has 0 amide bonds. The number of nitrogens with zero attached hydrogens (tertiary/aromatic N) is 4. The van der Waals surface area contributed by atoms with Crippen molar-refractivity contribution in [2.75, 3.05) is 13.2 Å². The lowest BCUT2D eigenvalue weighted by Crippen LogP contribution is -2.58. The van der Waals surface area contributed by atoms with Gasteiger partial charge in [-0.15, -0.1) is 0 Å². The fourth-order valence-electron chi connectivity index (χ4n) is 3.66. The predicted octanol–water partition coefficient (Wildman–Crippen LogP) is -2.14. The zero-order chi connectivity index (χ0) is 28.4. The molecule has 2 aliphatic rings. The summed E-state index contributed by atoms with van der Waals surface area (Å²) in [7, 11) is -11.0. The summed E-state index contributed by atoms with van der Waals surface area (Å²) in [5.41, 5.74) is 7.30. The number of azide groups is 1. The third kappa shape index (κ3) is 7.15. The van der Waals surface area contributed by atoms with Crippen molar-refractivity contribution < 1.29 is 62.2 Å². The molecule has 22 heteroatoms. The average molecular weight is 589 g/mol. The number of phosphoric acid groups is 2. The van der Waals surface area contributed by atoms with E-state index in [0.29, 0.717) is 0 Å². The maximum Gasteiger partial charge on any atom is 0.483 e. The Kier molecular flexibility index (Phi) is 9.67. The molecular weight excluding hydrogens is 564 g/mol. The first-order valence-electron chi connectivity index (χ1n) is 10.7. The molecular formula is C16H25N5O15P2. The topological polar surface area (TPSA) is 305 Å². The van der Waals surface area contributed by atoms with Crippen molar-refractivity contribution in [3.05, 3.63) is 43.0 Å². The lowest BCUT2D eigenvalue weighted by atomic mass is 9.97. The van der Waals surface area contributed by atoms with Crippen LogP contribution in [0.2, 0.25) is 0 Å². The van der Waals surface area contributed by atoms with Crippen LogP contribution in [-0.2, 0) is 32.0 Å². The van der Waals surface area contributed by atoms with Gasteiger partial charge in [-0.2, -0.15) is 4.31 Å². The van der Waals surface area contributed by atoms with Gasteiger partial charge in [0.05, 0.1) is 31.5 Å². The van der Waals surface area contributed by atoms with Crippen LogP contribution in [0.5, 0.6) is 0 Å². The first-order chi connectivity index (χ1) is 17.7. The fraction of sp³-hybridized carbons (Fsp3) is 0.750. The highest BCUT2D eigenvalue weighted by atomic mass is 31.3. The highest BCUT2D eigenvalue weighted by Gasteiger charge is 2.49. The van der Waals surface area contributed by atoms with Crippen molar-refractivity contribution in [3.63, 3.8) is 0 Å². The van der Waals surface area contributed by atoms with Crippen molar-refractivity contribution in [3.8, 4) is 0 Å². The van der Waals surface area contributed by atoms with Gasteiger partial charge < -0.3 is 39.7 Å². The summed E-state index contributed by atoms with van der Waals surface area (Å²) in [6.07, 6.45) is -10.2. The molecule has 10 atom stereocenters. The number of hydrogen-bond acceptors (Lipinski definition) is 14. The summed E-state index contributed by atoms with van der Waals surface area (Å²) < 4.78 is 49.2. The minimum atomic E-state index is -5.58. The number of aliphatic hydroxyl groups excluding tert-OH is 4. The van der Waals surface area contributed by atoms with E-state index in [1.54, 1.807) is 0 Å². The second-order valence-electron chi connectivity index (χ2n) is 8.23. The molecule has 38 heavy (non-hydrogen) atoms. The van der Waals surface area contributed by atoms with Gasteiger partial charge in [0, 0.05) is 23.1 Å². The van der Waals surface area contributed by atoms with Crippen LogP contribution in [0.4, 0.5) is 0 Å². The normalized spacial score (nSPS) is 34.7. The van der Waals surface area contributed by atoms with Crippen molar-refractivity contribution in [2.45, 2.75) is 62.4 Å². The number of aryl methyl sites for hydroxylation is 1. The monoisotopic (exact) mass is 589 g/mol. The van der Waals surface area contributed by atoms with E-state index in [1.165, 1.54) is 13.1 Å². The molecule has 0 aliphatic carbocycles. The molecule has 1 aromatic rings. The Morgan fingerprint density at radius 3 is 2.50 bits per heavy atom. The van der Waals surface area contributed by atoms with Crippen LogP contribution in [-0.4, -0.2) is 95.8 Å². The van der Waals surface area contributed by atoms with Crippen LogP contribution in [0.25, 0.3) is 10.4 Å². The summed E-state index contributed by atoms with van der Waals surface area (Å²) in [6.45, 7) is -0.336. The summed E-state index contributed by atoms with van der Waals surface area (Å²) in [6, 6.07) is -1.69. The largest absolute Gasteiger partial charge is 0.483 e. The maximum absolute atomic E-state index is 12.3. The lowest BCUT2D eigenvalue weighted by molar-refractivity contribution is -0.251. The molecule has 2 saturated heterocycles. The first kappa shape index (κ1) is 30.6. The van der Waals surface area contributed by atoms with Crippen molar-refractivity contribution in [2.24, 2.45) is 5.11 Å². The van der Waals surface area contributed by atoms with Crippen LogP contribution in [0, 0.1) is 6.92 Å². The Balaban J connectivity index is 1.62. The Morgan fingerprint density at radius 2 is 1.87 bits per heavy atom. The van der Waals surface area contributed by atoms with Gasteiger partial charge in [0.25, 0.3) is 5.56 Å². The number of H-pyrrole nitrogens is 1. The van der Waals surface area contributed by atoms with E-state index in [-0.39, 0.29) is 12.0 Å². The van der Waals surface area contributed by atoms with E-state index in [1.807, 2.05) is 0 Å². The summed E-state index contributed by atoms with van der Waals surface area (Å²) in [5, 5.41) is 42.7. The summed E-state index contributed by atoms with van der Waals surface area (Å²) >= 11 is 0. The third-order valence-electron chi connectivity index (χ3n) is 5.54. The predicted molar refractivity (Wildman–Crippen MR) is 119 cm³/mol. The Labute approximate surface area is 211 Å². The van der Waals surface area contributed by atoms with E-state index in [4.69, 9.17) is 15.0 Å². The van der Waals surface area contributed by atoms with E-state index < -0.39 is 89.2 Å². The Hall–Kier alpha value is -1.99. The van der Waals surface area contributed by atoms with Gasteiger partial charge in [-0.3, -0.25) is 23.4 Å². The lowest BCUT2D eigenvalue weighted by Gasteiger charge is -2.40. The maximum atomic E-state index is 12.3. The van der Waals surface area contributed by atoms with Crippen molar-refractivity contribution in [1.29, 1.82) is 0 Å². The van der Waals surface area contributed by atoms with Crippen molar-refractivity contribution >= 4 is 15.6 Å². The van der Waals surface area contributed by atoms with Crippen LogP contribution in [0.15, 0.2) is 20.9 Å². The van der Waals surface area contributed by atoms with Crippen LogP contribution >= 0.6 is 15.6 Å². The minimum absolute atomic E-state index is 0.173. The molecule has 3 heterocycles. The molecule has 0 bridgehead atoms. The third-order valence-corrected chi connectivity index (χ3v) is 8.14. The molecule has 0 saturated carbocycles. The standard InChI is InChI=1S/C16H25N5O15P2/c1-6-3-21(16(27)18-14(6)26)10-2-7(23)9(33-10)5-32-37(28,29)36-38(30,31)35-15-13(25)11(19-20-17)12(24)8(4-22)34-15/h3,7-13,15,22-25H,2,4-5H2,1H3,(H,28,29)(H,30,31)(H,18,26,27)/t7-,8+,9+,10+,11-,12+,13+,15+/m0/s1. The highest BCUT2D eigenvalue weighted by molar-refractivity contribution is 7.61. The molecule has 214 valence electrons. The SMILES string of the molecule is Cc1cn([C@H]2C[C@H](O)[C@@H](COP(=O)(O)OP(=O)(O)O[C@H]3O[C@H](CO)[C@@H](O)[C@H](N=[N+]=[N-])[C@H]3O)O2)c(=O)[nH]c1=O. The van der Waals surface area contributed by atoms with Crippen LogP contribution in [0.3, 0.4) is 0 Å². The average Bonchev–Trinajstić information content (AvgIpc) is 3.19. The second kappa shape index (κ2) is 12.0. The number of aromatic amines is 1. The Bertz CT molecular complexity index is 1270. The number of nitrogens with one attached hydrogen (secondary N) is 1. The summed E-state index contributed by atoms with van der Waals surface area (Å²) in [4.78, 5) is 47.8. The zero-order valence-electron chi connectivity index (χ0n) is 19.4. The van der Waals surface area contributed by atoms with Crippen molar-refractivity contribution in [1.82, 2.24) is 9.55 Å². The smallest absolute Gasteiger partial charge is 0.394 e. The van der Waals surface area contributed by atoms with E-state index in [2.05, 4.69) is 28.4 Å². The van der Waals surface area contributed by atoms with Crippen LogP contribution in [0.1, 0.15) is 18.2 Å². The fourth-order valence-corrected chi connectivity index (χ4v) is 5.82. The van der Waals surface area contributed by atoms with Crippen LogP contribution < -0.4 is 11.2 Å². The Morgan fingerprint density at radius 1 is 1.18 bits per heavy atom. The van der Waals surface area contributed by atoms with Gasteiger partial charge in [0.2, 0.25) is 0 Å². The first-order valence-corrected chi connectivity index (χ1v) is 13.7. The van der Waals surface area contributed by atoms with E-state index in [9.17, 15) is 48.9 Å². The second-order valence-corrected chi connectivity index (χ2v) is 11.2. The van der Waals surface area contributed by atoms with Gasteiger partial charge in [0.15, 0.2) is 6.29 Å². The summed E-state index contributed by atoms with van der Waals surface area (Å²) in [5.74, 6) is 0. The molecule has 1 aromatic heterocycles. The molecule has 0 spiro atoms. The molecule has 20 nitrogen and oxygen atoms in total. The number of aliphatic hydroxyl groups is 4. The number of aromatic nitrogens is 2. The van der Waals surface area contributed by atoms with E-state index >= 15 is 0 Å². The quantitative estimate of drug-likeness (QED) is 0.0663. The number of hydrogen-bond donors (Lipinski definition) is 7. The molecule has 2 fully saturated rings. The van der Waals surface area contributed by atoms with E-state index in [0.717, 1.165) is 4.57 Å². The van der Waals surface area contributed by atoms with Gasteiger partial charge in [-0.1, -0.05) is 5.11 Å².